The van der Waals surface area contributed by atoms with Gasteiger partial charge in [-0.3, -0.25) is 9.78 Å². The van der Waals surface area contributed by atoms with E-state index in [1.54, 1.807) is 13.1 Å². The SMILES string of the molecule is CC(CN(C)Cc1ccc(Br)c2cccnc12)C(=O)O. The van der Waals surface area contributed by atoms with Crippen molar-refractivity contribution in [3.05, 3.63) is 40.5 Å². The molecule has 0 spiro atoms. The van der Waals surface area contributed by atoms with E-state index in [9.17, 15) is 4.79 Å². The maximum Gasteiger partial charge on any atom is 0.307 e. The van der Waals surface area contributed by atoms with Gasteiger partial charge in [0.1, 0.15) is 0 Å². The molecule has 5 heteroatoms. The highest BCUT2D eigenvalue weighted by molar-refractivity contribution is 9.10. The number of hydrogen-bond donors (Lipinski definition) is 1. The Labute approximate surface area is 126 Å². The first-order valence-corrected chi connectivity index (χ1v) is 7.22. The monoisotopic (exact) mass is 336 g/mol. The molecule has 1 aromatic carbocycles. The topological polar surface area (TPSA) is 53.4 Å². The van der Waals surface area contributed by atoms with Crippen molar-refractivity contribution in [1.29, 1.82) is 0 Å². The third-order valence-electron chi connectivity index (χ3n) is 3.25. The number of pyridine rings is 1. The molecule has 1 N–H and O–H groups in total. The molecule has 4 nitrogen and oxygen atoms in total. The number of aromatic nitrogens is 1. The highest BCUT2D eigenvalue weighted by Gasteiger charge is 2.15. The van der Waals surface area contributed by atoms with Crippen LogP contribution in [0.5, 0.6) is 0 Å². The molecule has 20 heavy (non-hydrogen) atoms. The predicted octanol–water partition coefficient (Wildman–Crippen LogP) is 3.15. The number of rotatable bonds is 5. The fourth-order valence-corrected chi connectivity index (χ4v) is 2.68. The number of nitrogens with zero attached hydrogens (tertiary/aromatic N) is 2. The lowest BCUT2D eigenvalue weighted by molar-refractivity contribution is -0.141. The Bertz CT molecular complexity index is 630. The standard InChI is InChI=1S/C15H17BrN2O2/c1-10(15(19)20)8-18(2)9-11-5-6-13(16)12-4-3-7-17-14(11)12/h3-7,10H,8-9H2,1-2H3,(H,19,20). The summed E-state index contributed by atoms with van der Waals surface area (Å²) in [6.45, 7) is 2.91. The van der Waals surface area contributed by atoms with Crippen molar-refractivity contribution in [1.82, 2.24) is 9.88 Å². The Morgan fingerprint density at radius 2 is 2.20 bits per heavy atom. The van der Waals surface area contributed by atoms with Gasteiger partial charge >= 0.3 is 5.97 Å². The van der Waals surface area contributed by atoms with Crippen LogP contribution in [0.1, 0.15) is 12.5 Å². The van der Waals surface area contributed by atoms with Gasteiger partial charge in [0.25, 0.3) is 0 Å². The molecule has 0 bridgehead atoms. The quantitative estimate of drug-likeness (QED) is 0.911. The van der Waals surface area contributed by atoms with E-state index in [0.717, 1.165) is 20.9 Å². The van der Waals surface area contributed by atoms with Crippen LogP contribution in [-0.4, -0.2) is 34.6 Å². The van der Waals surface area contributed by atoms with Gasteiger partial charge in [0.15, 0.2) is 0 Å². The molecule has 0 aliphatic carbocycles. The van der Waals surface area contributed by atoms with Crippen molar-refractivity contribution >= 4 is 32.8 Å². The summed E-state index contributed by atoms with van der Waals surface area (Å²) in [5.41, 5.74) is 2.06. The minimum absolute atomic E-state index is 0.380. The summed E-state index contributed by atoms with van der Waals surface area (Å²) in [5, 5.41) is 10.0. The Morgan fingerprint density at radius 3 is 2.90 bits per heavy atom. The van der Waals surface area contributed by atoms with Crippen LogP contribution in [0.15, 0.2) is 34.9 Å². The Hall–Kier alpha value is -1.46. The minimum atomic E-state index is -0.768. The Morgan fingerprint density at radius 1 is 1.45 bits per heavy atom. The van der Waals surface area contributed by atoms with Gasteiger partial charge in [-0.1, -0.05) is 35.0 Å². The van der Waals surface area contributed by atoms with E-state index in [0.29, 0.717) is 13.1 Å². The zero-order valence-corrected chi connectivity index (χ0v) is 13.1. The molecule has 0 amide bonds. The summed E-state index contributed by atoms with van der Waals surface area (Å²) >= 11 is 3.53. The summed E-state index contributed by atoms with van der Waals surface area (Å²) < 4.78 is 1.02. The molecule has 2 rings (SSSR count). The Kier molecular flexibility index (Phi) is 4.73. The second-order valence-electron chi connectivity index (χ2n) is 5.04. The number of carboxylic acid groups (broad SMARTS) is 1. The zero-order chi connectivity index (χ0) is 14.7. The molecular weight excluding hydrogens is 320 g/mol. The van der Waals surface area contributed by atoms with Crippen LogP contribution < -0.4 is 0 Å². The third kappa shape index (κ3) is 3.35. The molecule has 0 aliphatic heterocycles. The summed E-state index contributed by atoms with van der Waals surface area (Å²) in [7, 11) is 1.93. The molecule has 1 aromatic heterocycles. The lowest BCUT2D eigenvalue weighted by atomic mass is 10.1. The molecule has 0 saturated heterocycles. The number of halogens is 1. The van der Waals surface area contributed by atoms with Gasteiger partial charge in [-0.05, 0) is 24.7 Å². The molecule has 0 aliphatic rings. The third-order valence-corrected chi connectivity index (χ3v) is 3.94. The van der Waals surface area contributed by atoms with Crippen LogP contribution in [0.2, 0.25) is 0 Å². The minimum Gasteiger partial charge on any atom is -0.481 e. The smallest absolute Gasteiger partial charge is 0.307 e. The van der Waals surface area contributed by atoms with Crippen LogP contribution in [0.25, 0.3) is 10.9 Å². The van der Waals surface area contributed by atoms with Crippen LogP contribution in [0.3, 0.4) is 0 Å². The molecule has 0 saturated carbocycles. The predicted molar refractivity (Wildman–Crippen MR) is 82.6 cm³/mol. The number of aliphatic carboxylic acids is 1. The highest BCUT2D eigenvalue weighted by atomic mass is 79.9. The van der Waals surface area contributed by atoms with E-state index >= 15 is 0 Å². The van der Waals surface area contributed by atoms with Crippen molar-refractivity contribution < 1.29 is 9.90 Å². The number of fused-ring (bicyclic) bond motifs is 1. The summed E-state index contributed by atoms with van der Waals surface area (Å²) in [4.78, 5) is 17.3. The first-order valence-electron chi connectivity index (χ1n) is 6.42. The van der Waals surface area contributed by atoms with Gasteiger partial charge in [-0.15, -0.1) is 0 Å². The number of carbonyl (C=O) groups is 1. The van der Waals surface area contributed by atoms with E-state index in [1.807, 2.05) is 36.2 Å². The van der Waals surface area contributed by atoms with Gasteiger partial charge < -0.3 is 10.0 Å². The highest BCUT2D eigenvalue weighted by Crippen LogP contribution is 2.25. The van der Waals surface area contributed by atoms with Gasteiger partial charge in [0.2, 0.25) is 0 Å². The molecule has 1 unspecified atom stereocenters. The average molecular weight is 337 g/mol. The second-order valence-corrected chi connectivity index (χ2v) is 5.90. The molecule has 106 valence electrons. The van der Waals surface area contributed by atoms with Crippen LogP contribution in [-0.2, 0) is 11.3 Å². The molecular formula is C15H17BrN2O2. The van der Waals surface area contributed by atoms with Gasteiger partial charge in [-0.25, -0.2) is 0 Å². The van der Waals surface area contributed by atoms with Crippen LogP contribution >= 0.6 is 15.9 Å². The maximum atomic E-state index is 10.9. The van der Waals surface area contributed by atoms with E-state index in [4.69, 9.17) is 5.11 Å². The van der Waals surface area contributed by atoms with Crippen molar-refractivity contribution in [3.8, 4) is 0 Å². The zero-order valence-electron chi connectivity index (χ0n) is 11.5. The molecule has 2 aromatic rings. The van der Waals surface area contributed by atoms with E-state index in [1.165, 1.54) is 0 Å². The second kappa shape index (κ2) is 6.33. The normalized spacial score (nSPS) is 12.8. The molecule has 0 fully saturated rings. The lowest BCUT2D eigenvalue weighted by Gasteiger charge is -2.20. The average Bonchev–Trinajstić information content (AvgIpc) is 2.42. The van der Waals surface area contributed by atoms with E-state index in [2.05, 4.69) is 20.9 Å². The fourth-order valence-electron chi connectivity index (χ4n) is 2.22. The number of benzene rings is 1. The van der Waals surface area contributed by atoms with Crippen molar-refractivity contribution in [2.24, 2.45) is 5.92 Å². The number of carboxylic acids is 1. The van der Waals surface area contributed by atoms with E-state index in [-0.39, 0.29) is 5.92 Å². The first-order chi connectivity index (χ1) is 9.49. The molecule has 1 atom stereocenters. The Balaban J connectivity index is 2.22. The summed E-state index contributed by atoms with van der Waals surface area (Å²) in [6, 6.07) is 7.97. The fraction of sp³-hybridized carbons (Fsp3) is 0.333. The van der Waals surface area contributed by atoms with Gasteiger partial charge in [0.05, 0.1) is 11.4 Å². The maximum absolute atomic E-state index is 10.9. The van der Waals surface area contributed by atoms with Gasteiger partial charge in [-0.2, -0.15) is 0 Å². The van der Waals surface area contributed by atoms with E-state index < -0.39 is 5.97 Å². The van der Waals surface area contributed by atoms with Crippen molar-refractivity contribution in [3.63, 3.8) is 0 Å². The van der Waals surface area contributed by atoms with Crippen molar-refractivity contribution in [2.75, 3.05) is 13.6 Å². The number of hydrogen-bond acceptors (Lipinski definition) is 3. The first kappa shape index (κ1) is 14.9. The van der Waals surface area contributed by atoms with Crippen LogP contribution in [0.4, 0.5) is 0 Å². The molecule has 0 radical (unpaired) electrons. The van der Waals surface area contributed by atoms with Crippen LogP contribution in [0, 0.1) is 5.92 Å². The molecule has 1 heterocycles. The van der Waals surface area contributed by atoms with Crippen molar-refractivity contribution in [2.45, 2.75) is 13.5 Å². The largest absolute Gasteiger partial charge is 0.481 e. The summed E-state index contributed by atoms with van der Waals surface area (Å²) in [6.07, 6.45) is 1.78. The lowest BCUT2D eigenvalue weighted by Crippen LogP contribution is -2.28. The van der Waals surface area contributed by atoms with Gasteiger partial charge in [0, 0.05) is 29.1 Å². The summed E-state index contributed by atoms with van der Waals surface area (Å²) in [5.74, 6) is -1.15.